The van der Waals surface area contributed by atoms with Gasteiger partial charge in [-0.15, -0.1) is 0 Å². The molecular weight excluding hydrogens is 118 g/mol. The smallest absolute Gasteiger partial charge is 0.211 e. The molecule has 0 saturated carbocycles. The van der Waals surface area contributed by atoms with E-state index in [1.54, 1.807) is 0 Å². The van der Waals surface area contributed by atoms with Crippen molar-refractivity contribution in [2.24, 2.45) is 5.14 Å². The van der Waals surface area contributed by atoms with Crippen LogP contribution in [0.1, 0.15) is 0 Å². The summed E-state index contributed by atoms with van der Waals surface area (Å²) in [4.78, 5) is 0. The Kier molecular flexibility index (Phi) is 1.57. The van der Waals surface area contributed by atoms with Crippen molar-refractivity contribution in [3.8, 4) is 6.19 Å². The average molecular weight is 121 g/mol. The minimum Gasteiger partial charge on any atom is -0.211 e. The molecule has 0 aromatic heterocycles. The summed E-state index contributed by atoms with van der Waals surface area (Å²) >= 11 is 0. The van der Waals surface area contributed by atoms with Gasteiger partial charge in [0.15, 0.2) is 6.19 Å². The van der Waals surface area contributed by atoms with Crippen molar-refractivity contribution in [3.63, 3.8) is 0 Å². The van der Waals surface area contributed by atoms with E-state index in [2.05, 4.69) is 5.14 Å². The van der Waals surface area contributed by atoms with Crippen molar-refractivity contribution in [1.29, 1.82) is 5.26 Å². The molecule has 0 spiro atoms. The van der Waals surface area contributed by atoms with Gasteiger partial charge in [0.2, 0.25) is 0 Å². The minimum absolute atomic E-state index is 1.14. The predicted molar refractivity (Wildman–Crippen MR) is 21.9 cm³/mol. The van der Waals surface area contributed by atoms with Crippen LogP contribution >= 0.6 is 0 Å². The molecule has 0 aromatic rings. The second kappa shape index (κ2) is 1.77. The van der Waals surface area contributed by atoms with E-state index >= 15 is 0 Å². The van der Waals surface area contributed by atoms with Gasteiger partial charge < -0.3 is 0 Å². The molecule has 40 valence electrons. The summed E-state index contributed by atoms with van der Waals surface area (Å²) in [6, 6.07) is 0. The van der Waals surface area contributed by atoms with Crippen LogP contribution in [0, 0.1) is 11.5 Å². The van der Waals surface area contributed by atoms with Crippen LogP contribution in [0.4, 0.5) is 0 Å². The van der Waals surface area contributed by atoms with Crippen molar-refractivity contribution in [1.82, 2.24) is 4.72 Å². The Bertz CT molecular complexity index is 174. The Morgan fingerprint density at radius 2 is 2.14 bits per heavy atom. The van der Waals surface area contributed by atoms with Crippen LogP contribution in [0.3, 0.4) is 0 Å². The summed E-state index contributed by atoms with van der Waals surface area (Å²) < 4.78 is 20.7. The topological polar surface area (TPSA) is 96.0 Å². The zero-order valence-corrected chi connectivity index (χ0v) is 4.07. The zero-order chi connectivity index (χ0) is 5.91. The fourth-order valence-corrected chi connectivity index (χ4v) is 0.191. The zero-order valence-electron chi connectivity index (χ0n) is 3.25. The van der Waals surface area contributed by atoms with Crippen LogP contribution in [0.15, 0.2) is 0 Å². The fraction of sp³-hybridized carbons (Fsp3) is 0. The van der Waals surface area contributed by atoms with E-state index in [0.29, 0.717) is 0 Å². The maximum Gasteiger partial charge on any atom is 0.304 e. The molecule has 0 aliphatic rings. The van der Waals surface area contributed by atoms with Gasteiger partial charge in [-0.3, -0.25) is 0 Å². The van der Waals surface area contributed by atoms with Gasteiger partial charge in [-0.25, -0.2) is 9.86 Å². The Hall–Kier alpha value is -0.800. The standard InChI is InChI=1S/CH3N3O2S/c2-1-4-7(3,5)6/h4H,(H2,3,5,6). The van der Waals surface area contributed by atoms with E-state index in [0.717, 1.165) is 6.19 Å². The number of hydrogen-bond acceptors (Lipinski definition) is 3. The molecule has 0 fully saturated rings. The first kappa shape index (κ1) is 6.20. The molecular formula is CH3N3O2S. The minimum atomic E-state index is -3.79. The summed E-state index contributed by atoms with van der Waals surface area (Å²) in [6.45, 7) is 0. The van der Waals surface area contributed by atoms with Gasteiger partial charge in [-0.1, -0.05) is 0 Å². The van der Waals surface area contributed by atoms with Crippen LogP contribution in [0.2, 0.25) is 0 Å². The monoisotopic (exact) mass is 121 g/mol. The predicted octanol–water partition coefficient (Wildman–Crippen LogP) is -1.74. The molecule has 0 radical (unpaired) electrons. The van der Waals surface area contributed by atoms with Gasteiger partial charge in [0.05, 0.1) is 0 Å². The molecule has 0 amide bonds. The average Bonchev–Trinajstić information content (AvgIpc) is 1.30. The first-order valence-electron chi connectivity index (χ1n) is 1.25. The lowest BCUT2D eigenvalue weighted by molar-refractivity contribution is 0.593. The molecule has 0 aliphatic carbocycles. The molecule has 7 heavy (non-hydrogen) atoms. The Labute approximate surface area is 40.9 Å². The normalized spacial score (nSPS) is 9.71. The van der Waals surface area contributed by atoms with Gasteiger partial charge in [0.1, 0.15) is 0 Å². The maximum atomic E-state index is 9.68. The summed E-state index contributed by atoms with van der Waals surface area (Å²) in [5.41, 5.74) is 0. The molecule has 0 aromatic carbocycles. The molecule has 0 rings (SSSR count). The van der Waals surface area contributed by atoms with Crippen molar-refractivity contribution in [2.45, 2.75) is 0 Å². The third-order valence-electron chi connectivity index (χ3n) is 0.188. The lowest BCUT2D eigenvalue weighted by atomic mass is 11.5. The molecule has 0 heterocycles. The molecule has 0 atom stereocenters. The van der Waals surface area contributed by atoms with Crippen molar-refractivity contribution >= 4 is 10.2 Å². The summed E-state index contributed by atoms with van der Waals surface area (Å²) in [5, 5.41) is 11.9. The number of hydrogen-bond donors (Lipinski definition) is 2. The highest BCUT2D eigenvalue weighted by Gasteiger charge is 1.92. The van der Waals surface area contributed by atoms with Crippen LogP contribution in [-0.4, -0.2) is 8.42 Å². The second-order valence-corrected chi connectivity index (χ2v) is 2.05. The van der Waals surface area contributed by atoms with E-state index in [1.807, 2.05) is 0 Å². The van der Waals surface area contributed by atoms with E-state index < -0.39 is 10.2 Å². The molecule has 0 saturated heterocycles. The van der Waals surface area contributed by atoms with Crippen molar-refractivity contribution < 1.29 is 8.42 Å². The molecule has 6 heteroatoms. The second-order valence-electron chi connectivity index (χ2n) is 0.759. The lowest BCUT2D eigenvalue weighted by Crippen LogP contribution is -2.26. The summed E-state index contributed by atoms with van der Waals surface area (Å²) in [7, 11) is -3.79. The molecule has 0 aliphatic heterocycles. The quantitative estimate of drug-likeness (QED) is 0.318. The van der Waals surface area contributed by atoms with Crippen LogP contribution < -0.4 is 9.86 Å². The number of rotatable bonds is 1. The summed E-state index contributed by atoms with van der Waals surface area (Å²) in [6.07, 6.45) is 1.14. The largest absolute Gasteiger partial charge is 0.304 e. The van der Waals surface area contributed by atoms with Crippen molar-refractivity contribution in [2.75, 3.05) is 0 Å². The van der Waals surface area contributed by atoms with E-state index in [9.17, 15) is 8.42 Å². The molecule has 0 unspecified atom stereocenters. The Morgan fingerprint density at radius 3 is 2.14 bits per heavy atom. The SMILES string of the molecule is N#CNS(N)(=O)=O. The number of nitrogens with zero attached hydrogens (tertiary/aromatic N) is 1. The fourth-order valence-electron chi connectivity index (χ4n) is 0.0636. The highest BCUT2D eigenvalue weighted by atomic mass is 32.2. The Balaban J connectivity index is 3.92. The highest BCUT2D eigenvalue weighted by molar-refractivity contribution is 7.87. The number of nitrogens with one attached hydrogen (secondary N) is 1. The van der Waals surface area contributed by atoms with Crippen LogP contribution in [-0.2, 0) is 10.2 Å². The third kappa shape index (κ3) is 5.20. The Morgan fingerprint density at radius 1 is 1.71 bits per heavy atom. The van der Waals surface area contributed by atoms with Gasteiger partial charge in [-0.2, -0.15) is 13.7 Å². The first-order chi connectivity index (χ1) is 3.06. The highest BCUT2D eigenvalue weighted by Crippen LogP contribution is 1.57. The first-order valence-corrected chi connectivity index (χ1v) is 2.79. The third-order valence-corrected chi connectivity index (χ3v) is 0.564. The van der Waals surface area contributed by atoms with Gasteiger partial charge in [0, 0.05) is 0 Å². The van der Waals surface area contributed by atoms with E-state index in [1.165, 1.54) is 4.72 Å². The van der Waals surface area contributed by atoms with E-state index in [4.69, 9.17) is 5.26 Å². The lowest BCUT2D eigenvalue weighted by Gasteiger charge is -1.84. The van der Waals surface area contributed by atoms with Gasteiger partial charge >= 0.3 is 10.2 Å². The van der Waals surface area contributed by atoms with Gasteiger partial charge in [0.25, 0.3) is 0 Å². The van der Waals surface area contributed by atoms with Crippen LogP contribution in [0.5, 0.6) is 0 Å². The van der Waals surface area contributed by atoms with Crippen LogP contribution in [0.25, 0.3) is 0 Å². The summed E-state index contributed by atoms with van der Waals surface area (Å²) in [5.74, 6) is 0. The van der Waals surface area contributed by atoms with Gasteiger partial charge in [-0.05, 0) is 0 Å². The van der Waals surface area contributed by atoms with Crippen molar-refractivity contribution in [3.05, 3.63) is 0 Å². The molecule has 5 nitrogen and oxygen atoms in total. The van der Waals surface area contributed by atoms with E-state index in [-0.39, 0.29) is 0 Å². The number of nitrogens with two attached hydrogens (primary N) is 1. The molecule has 0 bridgehead atoms. The molecule has 3 N–H and O–H groups in total. The maximum absolute atomic E-state index is 9.68. The number of nitriles is 1.